The van der Waals surface area contributed by atoms with Gasteiger partial charge in [-0.15, -0.1) is 24.8 Å². The minimum Gasteiger partial charge on any atom is -0.399 e. The average molecular weight is 372 g/mol. The fourth-order valence-corrected chi connectivity index (χ4v) is 2.77. The Morgan fingerprint density at radius 1 is 0.833 bits per heavy atom. The molecule has 0 aliphatic rings. The quantitative estimate of drug-likeness (QED) is 0.513. The predicted molar refractivity (Wildman–Crippen MR) is 105 cm³/mol. The van der Waals surface area contributed by atoms with Crippen molar-refractivity contribution in [2.24, 2.45) is 0 Å². The maximum absolute atomic E-state index is 5.95. The SMILES string of the molecule is COCCOCCn1c2cc(N)ccc2c2ccc(N)cc21.Cl.Cl. The van der Waals surface area contributed by atoms with Crippen LogP contribution in [0.5, 0.6) is 0 Å². The van der Waals surface area contributed by atoms with Gasteiger partial charge in [0.25, 0.3) is 0 Å². The van der Waals surface area contributed by atoms with E-state index in [0.29, 0.717) is 19.8 Å². The van der Waals surface area contributed by atoms with Crippen LogP contribution < -0.4 is 11.5 Å². The van der Waals surface area contributed by atoms with Crippen LogP contribution in [0.25, 0.3) is 21.8 Å². The van der Waals surface area contributed by atoms with E-state index in [-0.39, 0.29) is 24.8 Å². The molecule has 0 radical (unpaired) electrons. The van der Waals surface area contributed by atoms with Gasteiger partial charge in [-0.2, -0.15) is 0 Å². The summed E-state index contributed by atoms with van der Waals surface area (Å²) in [6.45, 7) is 2.56. The van der Waals surface area contributed by atoms with Crippen molar-refractivity contribution in [3.05, 3.63) is 36.4 Å². The maximum atomic E-state index is 5.95. The van der Waals surface area contributed by atoms with Gasteiger partial charge < -0.3 is 25.5 Å². The van der Waals surface area contributed by atoms with Crippen LogP contribution in [0, 0.1) is 0 Å². The van der Waals surface area contributed by atoms with E-state index in [2.05, 4.69) is 16.7 Å². The minimum absolute atomic E-state index is 0. The fourth-order valence-electron chi connectivity index (χ4n) is 2.77. The third-order valence-corrected chi connectivity index (χ3v) is 3.81. The Labute approximate surface area is 153 Å². The van der Waals surface area contributed by atoms with Gasteiger partial charge in [0.2, 0.25) is 0 Å². The van der Waals surface area contributed by atoms with Crippen molar-refractivity contribution in [1.82, 2.24) is 4.57 Å². The number of aromatic nitrogens is 1. The molecule has 0 fully saturated rings. The lowest BCUT2D eigenvalue weighted by Crippen LogP contribution is -2.09. The summed E-state index contributed by atoms with van der Waals surface area (Å²) in [5.41, 5.74) is 15.6. The van der Waals surface area contributed by atoms with Gasteiger partial charge in [-0.05, 0) is 24.3 Å². The number of ether oxygens (including phenoxy) is 2. The van der Waals surface area contributed by atoms with Crippen molar-refractivity contribution >= 4 is 58.0 Å². The molecule has 1 heterocycles. The van der Waals surface area contributed by atoms with Gasteiger partial charge >= 0.3 is 0 Å². The molecule has 4 N–H and O–H groups in total. The second-order valence-corrected chi connectivity index (χ2v) is 5.31. The number of nitrogen functional groups attached to an aromatic ring is 2. The van der Waals surface area contributed by atoms with Crippen molar-refractivity contribution in [2.45, 2.75) is 6.54 Å². The predicted octanol–water partition coefficient (Wildman–Crippen LogP) is 3.47. The molecule has 0 aliphatic heterocycles. The summed E-state index contributed by atoms with van der Waals surface area (Å²) < 4.78 is 12.8. The molecular weight excluding hydrogens is 349 g/mol. The first-order valence-electron chi connectivity index (χ1n) is 7.34. The van der Waals surface area contributed by atoms with Gasteiger partial charge in [-0.1, -0.05) is 12.1 Å². The highest BCUT2D eigenvalue weighted by Crippen LogP contribution is 2.31. The Bertz CT molecular complexity index is 746. The number of hydrogen-bond acceptors (Lipinski definition) is 4. The van der Waals surface area contributed by atoms with E-state index in [1.807, 2.05) is 24.3 Å². The smallest absolute Gasteiger partial charge is 0.0701 e. The highest BCUT2D eigenvalue weighted by molar-refractivity contribution is 6.09. The lowest BCUT2D eigenvalue weighted by atomic mass is 10.1. The van der Waals surface area contributed by atoms with Crippen LogP contribution in [0.2, 0.25) is 0 Å². The summed E-state index contributed by atoms with van der Waals surface area (Å²) >= 11 is 0. The molecule has 132 valence electrons. The minimum atomic E-state index is 0. The number of anilines is 2. The van der Waals surface area contributed by atoms with Gasteiger partial charge in [-0.3, -0.25) is 0 Å². The number of methoxy groups -OCH3 is 1. The molecule has 0 saturated carbocycles. The monoisotopic (exact) mass is 371 g/mol. The summed E-state index contributed by atoms with van der Waals surface area (Å²) in [4.78, 5) is 0. The summed E-state index contributed by atoms with van der Waals surface area (Å²) in [7, 11) is 1.67. The topological polar surface area (TPSA) is 75.4 Å². The second-order valence-electron chi connectivity index (χ2n) is 5.31. The van der Waals surface area contributed by atoms with Gasteiger partial charge in [0.1, 0.15) is 0 Å². The molecular formula is C17H23Cl2N3O2. The Hall–Kier alpha value is -1.66. The van der Waals surface area contributed by atoms with Gasteiger partial charge in [0, 0.05) is 35.8 Å². The number of rotatable bonds is 6. The summed E-state index contributed by atoms with van der Waals surface area (Å²) in [5, 5.41) is 2.36. The lowest BCUT2D eigenvalue weighted by Gasteiger charge is -2.09. The van der Waals surface area contributed by atoms with Crippen molar-refractivity contribution in [2.75, 3.05) is 38.4 Å². The number of hydrogen-bond donors (Lipinski definition) is 2. The molecule has 0 bridgehead atoms. The van der Waals surface area contributed by atoms with Crippen LogP contribution in [0.1, 0.15) is 0 Å². The molecule has 3 rings (SSSR count). The zero-order chi connectivity index (χ0) is 15.5. The third-order valence-electron chi connectivity index (χ3n) is 3.81. The number of nitrogens with zero attached hydrogens (tertiary/aromatic N) is 1. The zero-order valence-electron chi connectivity index (χ0n) is 13.5. The molecule has 5 nitrogen and oxygen atoms in total. The molecule has 1 aromatic heterocycles. The number of halogens is 2. The number of nitrogens with two attached hydrogens (primary N) is 2. The highest BCUT2D eigenvalue weighted by Gasteiger charge is 2.11. The van der Waals surface area contributed by atoms with Gasteiger partial charge in [-0.25, -0.2) is 0 Å². The summed E-state index contributed by atoms with van der Waals surface area (Å²) in [5.74, 6) is 0. The Balaban J connectivity index is 0.00000144. The molecule has 0 atom stereocenters. The largest absolute Gasteiger partial charge is 0.399 e. The van der Waals surface area contributed by atoms with Crippen LogP contribution in [0.15, 0.2) is 36.4 Å². The molecule has 24 heavy (non-hydrogen) atoms. The van der Waals surface area contributed by atoms with Crippen molar-refractivity contribution < 1.29 is 9.47 Å². The first kappa shape index (κ1) is 20.4. The maximum Gasteiger partial charge on any atom is 0.0701 e. The molecule has 0 saturated heterocycles. The molecule has 0 aliphatic carbocycles. The van der Waals surface area contributed by atoms with Crippen molar-refractivity contribution in [3.63, 3.8) is 0 Å². The summed E-state index contributed by atoms with van der Waals surface area (Å²) in [6, 6.07) is 12.0. The highest BCUT2D eigenvalue weighted by atomic mass is 35.5. The van der Waals surface area contributed by atoms with E-state index in [1.165, 1.54) is 10.8 Å². The zero-order valence-corrected chi connectivity index (χ0v) is 15.2. The molecule has 7 heteroatoms. The Morgan fingerprint density at radius 2 is 1.38 bits per heavy atom. The van der Waals surface area contributed by atoms with Gasteiger partial charge in [0.15, 0.2) is 0 Å². The molecule has 3 aromatic rings. The van der Waals surface area contributed by atoms with Crippen molar-refractivity contribution in [3.8, 4) is 0 Å². The normalized spacial score (nSPS) is 10.5. The molecule has 0 unspecified atom stereocenters. The van der Waals surface area contributed by atoms with E-state index < -0.39 is 0 Å². The molecule has 0 amide bonds. The first-order chi connectivity index (χ1) is 10.7. The van der Waals surface area contributed by atoms with Crippen molar-refractivity contribution in [1.29, 1.82) is 0 Å². The van der Waals surface area contributed by atoms with E-state index in [4.69, 9.17) is 20.9 Å². The molecule has 0 spiro atoms. The van der Waals surface area contributed by atoms with Crippen LogP contribution in [0.3, 0.4) is 0 Å². The standard InChI is InChI=1S/C17H21N3O2.2ClH/c1-21-8-9-22-7-6-20-16-10-12(18)2-4-14(16)15-5-3-13(19)11-17(15)20;;/h2-5,10-11H,6-9,18-19H2,1H3;2*1H. The summed E-state index contributed by atoms with van der Waals surface area (Å²) in [6.07, 6.45) is 0. The van der Waals surface area contributed by atoms with Crippen LogP contribution >= 0.6 is 24.8 Å². The van der Waals surface area contributed by atoms with Crippen LogP contribution in [0.4, 0.5) is 11.4 Å². The number of fused-ring (bicyclic) bond motifs is 3. The second kappa shape index (κ2) is 8.99. The molecule has 2 aromatic carbocycles. The van der Waals surface area contributed by atoms with E-state index in [0.717, 1.165) is 29.0 Å². The van der Waals surface area contributed by atoms with Gasteiger partial charge in [0.05, 0.1) is 30.9 Å². The lowest BCUT2D eigenvalue weighted by molar-refractivity contribution is 0.0673. The Kier molecular flexibility index (Phi) is 7.63. The first-order valence-corrected chi connectivity index (χ1v) is 7.34. The van der Waals surface area contributed by atoms with E-state index in [1.54, 1.807) is 7.11 Å². The van der Waals surface area contributed by atoms with E-state index in [9.17, 15) is 0 Å². The van der Waals surface area contributed by atoms with Crippen LogP contribution in [-0.2, 0) is 16.0 Å². The van der Waals surface area contributed by atoms with Crippen LogP contribution in [-0.4, -0.2) is 31.5 Å². The average Bonchev–Trinajstić information content (AvgIpc) is 2.79. The van der Waals surface area contributed by atoms with E-state index >= 15 is 0 Å². The fraction of sp³-hybridized carbons (Fsp3) is 0.294. The third kappa shape index (κ3) is 4.05. The Morgan fingerprint density at radius 3 is 1.88 bits per heavy atom. The number of benzene rings is 2.